The molecule has 1 amide bonds. The molecule has 12 heteroatoms. The fourth-order valence-electron chi connectivity index (χ4n) is 6.18. The van der Waals surface area contributed by atoms with Crippen LogP contribution < -0.4 is 10.2 Å². The second-order valence-corrected chi connectivity index (χ2v) is 11.2. The molecule has 2 fully saturated rings. The first-order valence-electron chi connectivity index (χ1n) is 13.6. The van der Waals surface area contributed by atoms with Gasteiger partial charge in [-0.05, 0) is 55.7 Å². The standard InChI is InChI=1S/C28H37ClFN5O3.2ClH/c1-17-13-24(36)26-25(17)27(33-16-32-26)34-9-11-35(12-10-34)28(37)21(18-3-8-22(29)23(30)14-18)15-31-19-4-6-20(38-2)7-5-19;;/h3,8,14,16-17,19-21,24,31,36H,4-7,9-13,15H2,1-2H3;2*1H/t17-,19-,20-,21-,24-;;/m1../s1. The molecule has 2 heterocycles. The van der Waals surface area contributed by atoms with E-state index in [2.05, 4.69) is 27.1 Å². The molecule has 0 radical (unpaired) electrons. The number of carbonyl (C=O) groups is 1. The van der Waals surface area contributed by atoms with Gasteiger partial charge in [0.25, 0.3) is 0 Å². The highest BCUT2D eigenvalue weighted by molar-refractivity contribution is 6.30. The summed E-state index contributed by atoms with van der Waals surface area (Å²) in [5.41, 5.74) is 2.37. The number of nitrogens with one attached hydrogen (secondary N) is 1. The number of piperazine rings is 1. The van der Waals surface area contributed by atoms with Crippen molar-refractivity contribution in [3.05, 3.63) is 52.2 Å². The van der Waals surface area contributed by atoms with Gasteiger partial charge in [0, 0.05) is 51.4 Å². The number of fused-ring (bicyclic) bond motifs is 1. The lowest BCUT2D eigenvalue weighted by Gasteiger charge is -2.38. The first-order chi connectivity index (χ1) is 18.4. The van der Waals surface area contributed by atoms with Crippen molar-refractivity contribution in [3.63, 3.8) is 0 Å². The van der Waals surface area contributed by atoms with Gasteiger partial charge in [-0.15, -0.1) is 24.8 Å². The Hall–Kier alpha value is -1.75. The number of hydrogen-bond donors (Lipinski definition) is 2. The largest absolute Gasteiger partial charge is 0.387 e. The van der Waals surface area contributed by atoms with Crippen molar-refractivity contribution < 1.29 is 19.0 Å². The highest BCUT2D eigenvalue weighted by Crippen LogP contribution is 2.42. The summed E-state index contributed by atoms with van der Waals surface area (Å²) in [7, 11) is 1.75. The minimum Gasteiger partial charge on any atom is -0.387 e. The Bertz CT molecular complexity index is 1150. The predicted octanol–water partition coefficient (Wildman–Crippen LogP) is 4.63. The van der Waals surface area contributed by atoms with Crippen LogP contribution in [-0.2, 0) is 9.53 Å². The van der Waals surface area contributed by atoms with E-state index in [1.165, 1.54) is 18.5 Å². The van der Waals surface area contributed by atoms with Crippen molar-refractivity contribution in [2.75, 3.05) is 44.7 Å². The molecule has 1 aromatic carbocycles. The van der Waals surface area contributed by atoms with Crippen LogP contribution in [0.5, 0.6) is 0 Å². The summed E-state index contributed by atoms with van der Waals surface area (Å²) in [5, 5.41) is 14.0. The molecule has 40 heavy (non-hydrogen) atoms. The monoisotopic (exact) mass is 617 g/mol. The van der Waals surface area contributed by atoms with Crippen molar-refractivity contribution in [2.45, 2.75) is 69.1 Å². The van der Waals surface area contributed by atoms with E-state index in [0.717, 1.165) is 42.8 Å². The van der Waals surface area contributed by atoms with Crippen LogP contribution in [0, 0.1) is 5.82 Å². The number of carbonyl (C=O) groups excluding carboxylic acids is 1. The second kappa shape index (κ2) is 14.4. The molecule has 1 aliphatic heterocycles. The van der Waals surface area contributed by atoms with Crippen LogP contribution in [0.3, 0.4) is 0 Å². The van der Waals surface area contributed by atoms with Crippen LogP contribution in [0.15, 0.2) is 24.5 Å². The van der Waals surface area contributed by atoms with Crippen LogP contribution in [0.4, 0.5) is 10.2 Å². The molecular weight excluding hydrogens is 580 g/mol. The number of aliphatic hydroxyl groups excluding tert-OH is 1. The van der Waals surface area contributed by atoms with E-state index in [1.807, 2.05) is 4.90 Å². The van der Waals surface area contributed by atoms with Crippen LogP contribution in [0.25, 0.3) is 0 Å². The topological polar surface area (TPSA) is 90.8 Å². The summed E-state index contributed by atoms with van der Waals surface area (Å²) in [6.07, 6.45) is 5.88. The highest BCUT2D eigenvalue weighted by atomic mass is 35.5. The van der Waals surface area contributed by atoms with Crippen molar-refractivity contribution in [3.8, 4) is 0 Å². The third kappa shape index (κ3) is 6.99. The first kappa shape index (κ1) is 32.8. The number of rotatable bonds is 7. The van der Waals surface area contributed by atoms with Crippen LogP contribution in [-0.4, -0.2) is 77.9 Å². The molecule has 1 saturated heterocycles. The second-order valence-electron chi connectivity index (χ2n) is 10.8. The van der Waals surface area contributed by atoms with E-state index in [4.69, 9.17) is 16.3 Å². The zero-order chi connectivity index (χ0) is 26.8. The van der Waals surface area contributed by atoms with Crippen LogP contribution in [0.2, 0.25) is 5.02 Å². The lowest BCUT2D eigenvalue weighted by molar-refractivity contribution is -0.133. The number of anilines is 1. The Morgan fingerprint density at radius 2 is 1.88 bits per heavy atom. The molecule has 8 nitrogen and oxygen atoms in total. The zero-order valence-electron chi connectivity index (χ0n) is 22.9. The first-order valence-corrected chi connectivity index (χ1v) is 14.0. The van der Waals surface area contributed by atoms with E-state index in [-0.39, 0.29) is 41.7 Å². The van der Waals surface area contributed by atoms with Crippen LogP contribution in [0.1, 0.15) is 73.8 Å². The average molecular weight is 619 g/mol. The fraction of sp³-hybridized carbons (Fsp3) is 0.607. The summed E-state index contributed by atoms with van der Waals surface area (Å²) >= 11 is 5.94. The molecule has 0 bridgehead atoms. The lowest BCUT2D eigenvalue weighted by atomic mass is 9.91. The predicted molar refractivity (Wildman–Crippen MR) is 159 cm³/mol. The van der Waals surface area contributed by atoms with Crippen molar-refractivity contribution in [1.82, 2.24) is 20.2 Å². The summed E-state index contributed by atoms with van der Waals surface area (Å²) in [6.45, 7) is 4.88. The van der Waals surface area contributed by atoms with E-state index in [9.17, 15) is 14.3 Å². The summed E-state index contributed by atoms with van der Waals surface area (Å²) in [6, 6.07) is 4.98. The number of aromatic nitrogens is 2. The molecule has 2 N–H and O–H groups in total. The van der Waals surface area contributed by atoms with E-state index >= 15 is 0 Å². The number of halogens is 4. The summed E-state index contributed by atoms with van der Waals surface area (Å²) < 4.78 is 19.9. The molecule has 3 aliphatic rings. The Balaban J connectivity index is 0.00000220. The highest BCUT2D eigenvalue weighted by Gasteiger charge is 2.35. The molecular formula is C28H39Cl3FN5O3. The quantitative estimate of drug-likeness (QED) is 0.468. The average Bonchev–Trinajstić information content (AvgIpc) is 3.24. The maximum absolute atomic E-state index is 14.4. The van der Waals surface area contributed by atoms with Gasteiger partial charge in [-0.1, -0.05) is 24.6 Å². The van der Waals surface area contributed by atoms with E-state index in [1.54, 1.807) is 13.2 Å². The Morgan fingerprint density at radius 1 is 1.18 bits per heavy atom. The van der Waals surface area contributed by atoms with Gasteiger partial charge in [-0.3, -0.25) is 4.79 Å². The lowest BCUT2D eigenvalue weighted by Crippen LogP contribution is -2.51. The number of nitrogens with zero attached hydrogens (tertiary/aromatic N) is 4. The van der Waals surface area contributed by atoms with E-state index in [0.29, 0.717) is 56.9 Å². The number of ether oxygens (including phenoxy) is 1. The zero-order valence-corrected chi connectivity index (χ0v) is 25.3. The molecule has 5 rings (SSSR count). The van der Waals surface area contributed by atoms with Gasteiger partial charge < -0.3 is 25.0 Å². The molecule has 0 spiro atoms. The Kier molecular flexibility index (Phi) is 11.8. The number of benzene rings is 1. The van der Waals surface area contributed by atoms with Gasteiger partial charge >= 0.3 is 0 Å². The summed E-state index contributed by atoms with van der Waals surface area (Å²) in [5.74, 6) is 0.00951. The van der Waals surface area contributed by atoms with Crippen molar-refractivity contribution >= 4 is 48.1 Å². The van der Waals surface area contributed by atoms with Gasteiger partial charge in [0.1, 0.15) is 18.0 Å². The minimum atomic E-state index is -0.554. The smallest absolute Gasteiger partial charge is 0.231 e. The Labute approximate surface area is 252 Å². The number of hydrogen-bond acceptors (Lipinski definition) is 7. The molecule has 3 atom stereocenters. The fourth-order valence-corrected chi connectivity index (χ4v) is 6.29. The molecule has 1 saturated carbocycles. The molecule has 2 aromatic rings. The maximum Gasteiger partial charge on any atom is 0.231 e. The van der Waals surface area contributed by atoms with Gasteiger partial charge in [-0.2, -0.15) is 0 Å². The summed E-state index contributed by atoms with van der Waals surface area (Å²) in [4.78, 5) is 26.7. The van der Waals surface area contributed by atoms with E-state index < -0.39 is 17.8 Å². The number of aliphatic hydroxyl groups is 1. The molecule has 2 aliphatic carbocycles. The van der Waals surface area contributed by atoms with Gasteiger partial charge in [-0.25, -0.2) is 14.4 Å². The minimum absolute atomic E-state index is 0. The van der Waals surface area contributed by atoms with Crippen molar-refractivity contribution in [2.24, 2.45) is 0 Å². The van der Waals surface area contributed by atoms with Crippen molar-refractivity contribution in [1.29, 1.82) is 0 Å². The molecule has 222 valence electrons. The van der Waals surface area contributed by atoms with Gasteiger partial charge in [0.05, 0.1) is 28.8 Å². The van der Waals surface area contributed by atoms with Crippen LogP contribution >= 0.6 is 36.4 Å². The molecule has 0 unspecified atom stereocenters. The third-order valence-electron chi connectivity index (χ3n) is 8.43. The maximum atomic E-state index is 14.4. The SMILES string of the molecule is CO[C@H]1CC[C@H](NC[C@@H](C(=O)N2CCN(c3ncnc4c3[C@H](C)C[C@H]4O)CC2)c2ccc(Cl)c(F)c2)CC1.Cl.Cl. The van der Waals surface area contributed by atoms with Gasteiger partial charge in [0.2, 0.25) is 5.91 Å². The number of amides is 1. The third-order valence-corrected chi connectivity index (χ3v) is 8.74. The number of methoxy groups -OCH3 is 1. The molecule has 1 aromatic heterocycles. The Morgan fingerprint density at radius 3 is 2.52 bits per heavy atom. The van der Waals surface area contributed by atoms with Gasteiger partial charge in [0.15, 0.2) is 0 Å². The normalized spacial score (nSPS) is 25.0.